The maximum atomic E-state index is 12.6. The highest BCUT2D eigenvalue weighted by Crippen LogP contribution is 2.36. The second kappa shape index (κ2) is 6.02. The van der Waals surface area contributed by atoms with E-state index in [1.807, 2.05) is 0 Å². The second-order valence-electron chi connectivity index (χ2n) is 5.26. The average Bonchev–Trinajstić information content (AvgIpc) is 2.53. The number of halogens is 6. The first-order valence-electron chi connectivity index (χ1n) is 7.04. The van der Waals surface area contributed by atoms with Gasteiger partial charge in [0.15, 0.2) is 0 Å². The first-order valence-corrected chi connectivity index (χ1v) is 7.04. The molecule has 1 unspecified atom stereocenters. The molecule has 0 radical (unpaired) electrons. The molecule has 1 atom stereocenters. The molecule has 0 saturated heterocycles. The Labute approximate surface area is 138 Å². The second-order valence-corrected chi connectivity index (χ2v) is 5.26. The van der Waals surface area contributed by atoms with E-state index in [0.29, 0.717) is 5.56 Å². The molecule has 0 fully saturated rings. The molecular weight excluding hydrogens is 350 g/mol. The van der Waals surface area contributed by atoms with Crippen molar-refractivity contribution in [1.29, 1.82) is 0 Å². The van der Waals surface area contributed by atoms with Crippen LogP contribution in [0.2, 0.25) is 0 Å². The largest absolute Gasteiger partial charge is 0.476 e. The van der Waals surface area contributed by atoms with Gasteiger partial charge >= 0.3 is 12.4 Å². The van der Waals surface area contributed by atoms with E-state index in [1.54, 1.807) is 0 Å². The predicted molar refractivity (Wildman–Crippen MR) is 77.5 cm³/mol. The normalized spacial score (nSPS) is 17.0. The van der Waals surface area contributed by atoms with Crippen LogP contribution in [0.5, 0.6) is 17.2 Å². The lowest BCUT2D eigenvalue weighted by Gasteiger charge is -2.23. The van der Waals surface area contributed by atoms with Crippen molar-refractivity contribution < 1.29 is 35.8 Å². The Kier molecular flexibility index (Phi) is 4.14. The molecule has 25 heavy (non-hydrogen) atoms. The molecule has 3 rings (SSSR count). The van der Waals surface area contributed by atoms with E-state index in [9.17, 15) is 26.3 Å². The van der Waals surface area contributed by atoms with Gasteiger partial charge < -0.3 is 9.47 Å². The molecular formula is C17H10F6O2. The molecule has 2 aromatic rings. The molecule has 0 aromatic heterocycles. The Morgan fingerprint density at radius 3 is 2.08 bits per heavy atom. The van der Waals surface area contributed by atoms with Gasteiger partial charge in [-0.15, -0.1) is 0 Å². The van der Waals surface area contributed by atoms with E-state index in [4.69, 9.17) is 9.47 Å². The van der Waals surface area contributed by atoms with Crippen LogP contribution < -0.4 is 9.47 Å². The Hall–Kier alpha value is -2.64. The Balaban J connectivity index is 1.76. The van der Waals surface area contributed by atoms with Crippen LogP contribution in [-0.4, -0.2) is 12.3 Å². The lowest BCUT2D eigenvalue weighted by Crippen LogP contribution is -2.33. The zero-order chi connectivity index (χ0) is 18.2. The molecule has 0 N–H and O–H groups in total. The summed E-state index contributed by atoms with van der Waals surface area (Å²) >= 11 is 0. The summed E-state index contributed by atoms with van der Waals surface area (Å²) in [6, 6.07) is 8.22. The van der Waals surface area contributed by atoms with Crippen molar-refractivity contribution in [3.8, 4) is 17.2 Å². The summed E-state index contributed by atoms with van der Waals surface area (Å²) in [5.41, 5.74) is -0.426. The van der Waals surface area contributed by atoms with Crippen LogP contribution in [0.3, 0.4) is 0 Å². The van der Waals surface area contributed by atoms with Crippen molar-refractivity contribution >= 4 is 6.08 Å². The van der Waals surface area contributed by atoms with Crippen LogP contribution in [0.1, 0.15) is 11.1 Å². The predicted octanol–water partition coefficient (Wildman–Crippen LogP) is 5.83. The monoisotopic (exact) mass is 360 g/mol. The number of fused-ring (bicyclic) bond motifs is 1. The summed E-state index contributed by atoms with van der Waals surface area (Å²) in [6.45, 7) is 0. The number of ether oxygens (including phenoxy) is 2. The lowest BCUT2D eigenvalue weighted by atomic mass is 10.1. The van der Waals surface area contributed by atoms with Crippen molar-refractivity contribution in [2.24, 2.45) is 0 Å². The van der Waals surface area contributed by atoms with Gasteiger partial charge in [-0.05, 0) is 48.5 Å². The molecule has 132 valence electrons. The summed E-state index contributed by atoms with van der Waals surface area (Å²) < 4.78 is 85.7. The Morgan fingerprint density at radius 1 is 0.840 bits per heavy atom. The smallest absolute Gasteiger partial charge is 0.429 e. The quantitative estimate of drug-likeness (QED) is 0.627. The van der Waals surface area contributed by atoms with Gasteiger partial charge in [0.25, 0.3) is 0 Å². The third-order valence-electron chi connectivity index (χ3n) is 3.43. The first-order chi connectivity index (χ1) is 11.6. The van der Waals surface area contributed by atoms with Crippen LogP contribution in [0.15, 0.2) is 48.5 Å². The molecule has 0 amide bonds. The lowest BCUT2D eigenvalue weighted by molar-refractivity contribution is -0.180. The van der Waals surface area contributed by atoms with Gasteiger partial charge in [-0.3, -0.25) is 0 Å². The van der Waals surface area contributed by atoms with Crippen molar-refractivity contribution in [3.05, 3.63) is 59.7 Å². The van der Waals surface area contributed by atoms with E-state index < -0.39 is 24.0 Å². The minimum atomic E-state index is -4.51. The van der Waals surface area contributed by atoms with E-state index in [0.717, 1.165) is 30.3 Å². The summed E-state index contributed by atoms with van der Waals surface area (Å²) in [5, 5.41) is 0. The van der Waals surface area contributed by atoms with Crippen molar-refractivity contribution in [1.82, 2.24) is 0 Å². The number of hydrogen-bond donors (Lipinski definition) is 0. The maximum absolute atomic E-state index is 12.6. The number of rotatable bonds is 2. The van der Waals surface area contributed by atoms with E-state index in [-0.39, 0.29) is 17.2 Å². The minimum absolute atomic E-state index is 0.0459. The molecule has 0 saturated carbocycles. The van der Waals surface area contributed by atoms with Gasteiger partial charge in [0.1, 0.15) is 17.2 Å². The van der Waals surface area contributed by atoms with Crippen LogP contribution in [0.25, 0.3) is 6.08 Å². The highest BCUT2D eigenvalue weighted by atomic mass is 19.4. The Bertz CT molecular complexity index is 790. The van der Waals surface area contributed by atoms with Gasteiger partial charge in [-0.1, -0.05) is 6.08 Å². The van der Waals surface area contributed by atoms with Gasteiger partial charge in [0.2, 0.25) is 6.10 Å². The van der Waals surface area contributed by atoms with Gasteiger partial charge in [0.05, 0.1) is 5.56 Å². The maximum Gasteiger partial charge on any atom is 0.429 e. The van der Waals surface area contributed by atoms with Crippen molar-refractivity contribution in [2.75, 3.05) is 0 Å². The summed E-state index contributed by atoms with van der Waals surface area (Å²) in [6.07, 6.45) is -8.83. The molecule has 1 heterocycles. The van der Waals surface area contributed by atoms with Crippen LogP contribution in [0.4, 0.5) is 26.3 Å². The zero-order valence-corrected chi connectivity index (χ0v) is 12.4. The van der Waals surface area contributed by atoms with Gasteiger partial charge in [0, 0.05) is 5.56 Å². The van der Waals surface area contributed by atoms with Gasteiger partial charge in [-0.2, -0.15) is 26.3 Å². The van der Waals surface area contributed by atoms with Crippen LogP contribution in [0, 0.1) is 0 Å². The first kappa shape index (κ1) is 17.2. The third kappa shape index (κ3) is 3.89. The molecule has 2 nitrogen and oxygen atoms in total. The van der Waals surface area contributed by atoms with Gasteiger partial charge in [-0.25, -0.2) is 0 Å². The molecule has 0 spiro atoms. The highest BCUT2D eigenvalue weighted by molar-refractivity contribution is 5.62. The number of benzene rings is 2. The minimum Gasteiger partial charge on any atom is -0.476 e. The fraction of sp³-hybridized carbons (Fsp3) is 0.176. The molecule has 0 aliphatic carbocycles. The summed E-state index contributed by atoms with van der Waals surface area (Å²) in [4.78, 5) is 0. The van der Waals surface area contributed by atoms with Crippen molar-refractivity contribution in [2.45, 2.75) is 18.5 Å². The topological polar surface area (TPSA) is 18.5 Å². The summed E-state index contributed by atoms with van der Waals surface area (Å²) in [5.74, 6) is 0.476. The molecule has 1 aliphatic heterocycles. The third-order valence-corrected chi connectivity index (χ3v) is 3.43. The molecule has 1 aliphatic rings. The summed E-state index contributed by atoms with van der Waals surface area (Å²) in [7, 11) is 0. The molecule has 0 bridgehead atoms. The van der Waals surface area contributed by atoms with E-state index in [2.05, 4.69) is 0 Å². The Morgan fingerprint density at radius 2 is 1.48 bits per heavy atom. The zero-order valence-electron chi connectivity index (χ0n) is 12.4. The average molecular weight is 360 g/mol. The van der Waals surface area contributed by atoms with E-state index >= 15 is 0 Å². The fourth-order valence-corrected chi connectivity index (χ4v) is 2.22. The number of alkyl halides is 6. The standard InChI is InChI=1S/C17H10F6O2/c18-16(19,20)11-2-4-12(5-3-11)24-13-6-7-14-10(9-13)1-8-15(25-14)17(21,22)23/h1-9,15H. The molecule has 8 heteroatoms. The van der Waals surface area contributed by atoms with Crippen molar-refractivity contribution in [3.63, 3.8) is 0 Å². The SMILES string of the molecule is FC(F)(F)c1ccc(Oc2ccc3c(c2)C=CC(C(F)(F)F)O3)cc1. The molecule has 2 aromatic carbocycles. The van der Waals surface area contributed by atoms with Crippen LogP contribution >= 0.6 is 0 Å². The number of hydrogen-bond acceptors (Lipinski definition) is 2. The fourth-order valence-electron chi connectivity index (χ4n) is 2.22. The highest BCUT2D eigenvalue weighted by Gasteiger charge is 2.41. The van der Waals surface area contributed by atoms with E-state index in [1.165, 1.54) is 24.3 Å². The van der Waals surface area contributed by atoms with Crippen LogP contribution in [-0.2, 0) is 6.18 Å².